The number of nitrogens with zero attached hydrogens (tertiary/aromatic N) is 1. The fraction of sp³-hybridized carbons (Fsp3) is 0.0667. The lowest BCUT2D eigenvalue weighted by atomic mass is 10.2. The standard InChI is InChI=1S/C15H14FN3O/c16-13-8-6-12(7-9-13)10-18-19-15(20)11-17-14-4-2-1-3-5-14/h1-10,17H,11H2,(H,19,20)/b18-10-. The zero-order valence-electron chi connectivity index (χ0n) is 10.7. The van der Waals surface area contributed by atoms with Gasteiger partial charge in [-0.25, -0.2) is 9.82 Å². The Hall–Kier alpha value is -2.69. The van der Waals surface area contributed by atoms with Gasteiger partial charge in [0.1, 0.15) is 5.82 Å². The van der Waals surface area contributed by atoms with Gasteiger partial charge in [-0.15, -0.1) is 0 Å². The lowest BCUT2D eigenvalue weighted by molar-refractivity contribution is -0.119. The Morgan fingerprint density at radius 3 is 2.50 bits per heavy atom. The number of nitrogens with one attached hydrogen (secondary N) is 2. The first kappa shape index (κ1) is 13.7. The zero-order valence-corrected chi connectivity index (χ0v) is 10.7. The molecule has 0 fully saturated rings. The number of anilines is 1. The van der Waals surface area contributed by atoms with Crippen LogP contribution in [0.1, 0.15) is 5.56 Å². The Morgan fingerprint density at radius 2 is 1.80 bits per heavy atom. The summed E-state index contributed by atoms with van der Waals surface area (Å²) >= 11 is 0. The van der Waals surface area contributed by atoms with E-state index in [9.17, 15) is 9.18 Å². The highest BCUT2D eigenvalue weighted by Crippen LogP contribution is 2.03. The minimum Gasteiger partial charge on any atom is -0.376 e. The number of halogens is 1. The van der Waals surface area contributed by atoms with Crippen molar-refractivity contribution in [2.45, 2.75) is 0 Å². The summed E-state index contributed by atoms with van der Waals surface area (Å²) in [4.78, 5) is 11.5. The third-order valence-electron chi connectivity index (χ3n) is 2.50. The fourth-order valence-electron chi connectivity index (χ4n) is 1.51. The zero-order chi connectivity index (χ0) is 14.2. The van der Waals surface area contributed by atoms with Crippen LogP contribution in [0.25, 0.3) is 0 Å². The van der Waals surface area contributed by atoms with Crippen molar-refractivity contribution in [1.29, 1.82) is 0 Å². The molecule has 102 valence electrons. The number of carbonyl (C=O) groups is 1. The summed E-state index contributed by atoms with van der Waals surface area (Å²) in [6.45, 7) is 0.130. The number of hydrogen-bond donors (Lipinski definition) is 2. The molecule has 0 atom stereocenters. The summed E-state index contributed by atoms with van der Waals surface area (Å²) in [5.41, 5.74) is 3.97. The Morgan fingerprint density at radius 1 is 1.10 bits per heavy atom. The van der Waals surface area contributed by atoms with Crippen LogP contribution in [0.2, 0.25) is 0 Å². The van der Waals surface area contributed by atoms with Gasteiger partial charge in [-0.1, -0.05) is 30.3 Å². The predicted molar refractivity (Wildman–Crippen MR) is 77.1 cm³/mol. The van der Waals surface area contributed by atoms with Gasteiger partial charge in [-0.05, 0) is 29.8 Å². The van der Waals surface area contributed by atoms with Crippen LogP contribution in [0.15, 0.2) is 59.7 Å². The van der Waals surface area contributed by atoms with Crippen LogP contribution in [-0.2, 0) is 4.79 Å². The summed E-state index contributed by atoms with van der Waals surface area (Å²) < 4.78 is 12.7. The second kappa shape index (κ2) is 7.04. The molecule has 5 heteroatoms. The highest BCUT2D eigenvalue weighted by atomic mass is 19.1. The molecule has 0 aliphatic rings. The van der Waals surface area contributed by atoms with E-state index in [1.165, 1.54) is 18.3 Å². The fourth-order valence-corrected chi connectivity index (χ4v) is 1.51. The van der Waals surface area contributed by atoms with Gasteiger partial charge in [0.2, 0.25) is 0 Å². The highest BCUT2D eigenvalue weighted by Gasteiger charge is 1.98. The van der Waals surface area contributed by atoms with Crippen molar-refractivity contribution < 1.29 is 9.18 Å². The van der Waals surface area contributed by atoms with Crippen molar-refractivity contribution in [2.75, 3.05) is 11.9 Å². The van der Waals surface area contributed by atoms with Gasteiger partial charge in [0.05, 0.1) is 12.8 Å². The van der Waals surface area contributed by atoms with Crippen LogP contribution >= 0.6 is 0 Å². The summed E-state index contributed by atoms with van der Waals surface area (Å²) in [5, 5.41) is 6.76. The van der Waals surface area contributed by atoms with Crippen molar-refractivity contribution in [2.24, 2.45) is 5.10 Å². The molecule has 20 heavy (non-hydrogen) atoms. The van der Waals surface area contributed by atoms with E-state index in [0.717, 1.165) is 5.69 Å². The first-order valence-electron chi connectivity index (χ1n) is 6.10. The Balaban J connectivity index is 1.76. The quantitative estimate of drug-likeness (QED) is 0.648. The average Bonchev–Trinajstić information content (AvgIpc) is 2.48. The molecule has 0 spiro atoms. The topological polar surface area (TPSA) is 53.5 Å². The van der Waals surface area contributed by atoms with Crippen LogP contribution in [0.3, 0.4) is 0 Å². The molecule has 0 saturated carbocycles. The van der Waals surface area contributed by atoms with E-state index in [4.69, 9.17) is 0 Å². The van der Waals surface area contributed by atoms with Crippen molar-refractivity contribution in [3.8, 4) is 0 Å². The monoisotopic (exact) mass is 271 g/mol. The van der Waals surface area contributed by atoms with Gasteiger partial charge in [-0.2, -0.15) is 5.10 Å². The first-order chi connectivity index (χ1) is 9.74. The predicted octanol–water partition coefficient (Wildman–Crippen LogP) is 2.39. The van der Waals surface area contributed by atoms with Crippen LogP contribution in [0, 0.1) is 5.82 Å². The van der Waals surface area contributed by atoms with Crippen LogP contribution < -0.4 is 10.7 Å². The SMILES string of the molecule is O=C(CNc1ccccc1)N/N=C\c1ccc(F)cc1. The second-order valence-electron chi connectivity index (χ2n) is 4.06. The third-order valence-corrected chi connectivity index (χ3v) is 2.50. The number of para-hydroxylation sites is 1. The maximum Gasteiger partial charge on any atom is 0.259 e. The Kier molecular flexibility index (Phi) is 4.83. The molecule has 0 saturated heterocycles. The number of benzene rings is 2. The van der Waals surface area contributed by atoms with Crippen LogP contribution in [0.5, 0.6) is 0 Å². The molecule has 0 unspecified atom stereocenters. The normalized spacial score (nSPS) is 10.4. The van der Waals surface area contributed by atoms with E-state index >= 15 is 0 Å². The molecule has 0 heterocycles. The average molecular weight is 271 g/mol. The molecule has 2 rings (SSSR count). The van der Waals surface area contributed by atoms with E-state index in [0.29, 0.717) is 5.56 Å². The third kappa shape index (κ3) is 4.53. The second-order valence-corrected chi connectivity index (χ2v) is 4.06. The summed E-state index contributed by atoms with van der Waals surface area (Å²) in [5.74, 6) is -0.564. The van der Waals surface area contributed by atoms with Gasteiger partial charge in [0.15, 0.2) is 0 Å². The maximum absolute atomic E-state index is 12.7. The van der Waals surface area contributed by atoms with Crippen molar-refractivity contribution >= 4 is 17.8 Å². The largest absolute Gasteiger partial charge is 0.376 e. The molecule has 2 aromatic carbocycles. The van der Waals surface area contributed by atoms with E-state index in [1.807, 2.05) is 30.3 Å². The van der Waals surface area contributed by atoms with Crippen molar-refractivity contribution in [3.05, 3.63) is 66.0 Å². The van der Waals surface area contributed by atoms with Gasteiger partial charge < -0.3 is 5.32 Å². The lowest BCUT2D eigenvalue weighted by Crippen LogP contribution is -2.25. The van der Waals surface area contributed by atoms with Crippen molar-refractivity contribution in [1.82, 2.24) is 5.43 Å². The van der Waals surface area contributed by atoms with Gasteiger partial charge in [0, 0.05) is 5.69 Å². The van der Waals surface area contributed by atoms with E-state index in [1.54, 1.807) is 12.1 Å². The highest BCUT2D eigenvalue weighted by molar-refractivity contribution is 5.84. The number of hydrogen-bond acceptors (Lipinski definition) is 3. The molecule has 0 aliphatic heterocycles. The number of rotatable bonds is 5. The molecule has 1 amide bonds. The molecule has 0 bridgehead atoms. The molecular weight excluding hydrogens is 257 g/mol. The van der Waals surface area contributed by atoms with E-state index in [-0.39, 0.29) is 18.3 Å². The van der Waals surface area contributed by atoms with E-state index < -0.39 is 0 Å². The number of carbonyl (C=O) groups excluding carboxylic acids is 1. The summed E-state index contributed by atoms with van der Waals surface area (Å²) in [6.07, 6.45) is 1.46. The molecular formula is C15H14FN3O. The van der Waals surface area contributed by atoms with Gasteiger partial charge in [0.25, 0.3) is 5.91 Å². The molecule has 4 nitrogen and oxygen atoms in total. The maximum atomic E-state index is 12.7. The molecule has 2 N–H and O–H groups in total. The Bertz CT molecular complexity index is 582. The van der Waals surface area contributed by atoms with E-state index in [2.05, 4.69) is 15.8 Å². The van der Waals surface area contributed by atoms with Gasteiger partial charge in [-0.3, -0.25) is 4.79 Å². The molecule has 0 aromatic heterocycles. The minimum atomic E-state index is -0.307. The Labute approximate surface area is 116 Å². The summed E-state index contributed by atoms with van der Waals surface area (Å²) in [6, 6.07) is 15.2. The van der Waals surface area contributed by atoms with Crippen LogP contribution in [-0.4, -0.2) is 18.7 Å². The number of amides is 1. The molecule has 2 aromatic rings. The summed E-state index contributed by atoms with van der Waals surface area (Å²) in [7, 11) is 0. The lowest BCUT2D eigenvalue weighted by Gasteiger charge is -2.04. The molecule has 0 radical (unpaired) electrons. The van der Waals surface area contributed by atoms with Gasteiger partial charge >= 0.3 is 0 Å². The molecule has 0 aliphatic carbocycles. The van der Waals surface area contributed by atoms with Crippen LogP contribution in [0.4, 0.5) is 10.1 Å². The smallest absolute Gasteiger partial charge is 0.259 e. The van der Waals surface area contributed by atoms with Crippen molar-refractivity contribution in [3.63, 3.8) is 0 Å². The first-order valence-corrected chi connectivity index (χ1v) is 6.10. The minimum absolute atomic E-state index is 0.130. The number of hydrazone groups is 1.